The molecule has 2 aromatic carbocycles. The summed E-state index contributed by atoms with van der Waals surface area (Å²) in [5.74, 6) is 2.43. The van der Waals surface area contributed by atoms with Gasteiger partial charge in [-0.05, 0) is 73.5 Å². The van der Waals surface area contributed by atoms with Crippen molar-refractivity contribution in [2.24, 2.45) is 0 Å². The van der Waals surface area contributed by atoms with E-state index in [-0.39, 0.29) is 0 Å². The molecule has 4 nitrogen and oxygen atoms in total. The van der Waals surface area contributed by atoms with Crippen LogP contribution in [0.3, 0.4) is 0 Å². The van der Waals surface area contributed by atoms with E-state index < -0.39 is 0 Å². The number of methoxy groups -OCH3 is 1. The molecular formula is C21H22N2O2S. The van der Waals surface area contributed by atoms with Gasteiger partial charge in [0.15, 0.2) is 11.5 Å². The lowest BCUT2D eigenvalue weighted by molar-refractivity contribution is 0.201. The van der Waals surface area contributed by atoms with Crippen LogP contribution < -0.4 is 9.47 Å². The Bertz CT molecular complexity index is 901. The third-order valence-electron chi connectivity index (χ3n) is 4.73. The highest BCUT2D eigenvalue weighted by Crippen LogP contribution is 2.36. The zero-order valence-corrected chi connectivity index (χ0v) is 15.9. The summed E-state index contributed by atoms with van der Waals surface area (Å²) >= 11 is 1.43. The van der Waals surface area contributed by atoms with E-state index in [1.165, 1.54) is 24.4 Å². The third kappa shape index (κ3) is 3.58. The van der Waals surface area contributed by atoms with E-state index in [1.54, 1.807) is 7.11 Å². The van der Waals surface area contributed by atoms with E-state index in [0.29, 0.717) is 6.10 Å². The van der Waals surface area contributed by atoms with Crippen molar-refractivity contribution in [3.63, 3.8) is 0 Å². The molecule has 0 spiro atoms. The van der Waals surface area contributed by atoms with Crippen molar-refractivity contribution in [2.45, 2.75) is 38.7 Å². The lowest BCUT2D eigenvalue weighted by Gasteiger charge is -2.17. The summed E-state index contributed by atoms with van der Waals surface area (Å²) < 4.78 is 16.0. The van der Waals surface area contributed by atoms with Crippen molar-refractivity contribution in [1.29, 1.82) is 0 Å². The molecule has 0 unspecified atom stereocenters. The quantitative estimate of drug-likeness (QED) is 0.597. The maximum absolute atomic E-state index is 6.23. The predicted octanol–water partition coefficient (Wildman–Crippen LogP) is 5.51. The van der Waals surface area contributed by atoms with Gasteiger partial charge in [0.05, 0.1) is 13.2 Å². The molecule has 1 aliphatic carbocycles. The zero-order valence-electron chi connectivity index (χ0n) is 15.1. The van der Waals surface area contributed by atoms with E-state index in [2.05, 4.69) is 45.8 Å². The van der Waals surface area contributed by atoms with Gasteiger partial charge in [0.2, 0.25) is 0 Å². The predicted molar refractivity (Wildman–Crippen MR) is 105 cm³/mol. The van der Waals surface area contributed by atoms with Crippen LogP contribution in [0, 0.1) is 6.92 Å². The molecule has 4 rings (SSSR count). The standard InChI is InChI=1S/C21H22N2O2S/c1-14-22-21(26-23-14)17-7-5-6-15(12-17)16-10-11-19(24-2)20(13-16)25-18-8-3-4-9-18/h5-7,10-13,18H,3-4,8-9H2,1-2H3. The summed E-state index contributed by atoms with van der Waals surface area (Å²) in [7, 11) is 1.69. The number of ether oxygens (including phenoxy) is 2. The molecule has 0 aliphatic heterocycles. The van der Waals surface area contributed by atoms with Crippen LogP contribution in [0.25, 0.3) is 21.7 Å². The van der Waals surface area contributed by atoms with Gasteiger partial charge in [-0.3, -0.25) is 0 Å². The second-order valence-corrected chi connectivity index (χ2v) is 7.37. The molecule has 0 radical (unpaired) electrons. The van der Waals surface area contributed by atoms with Gasteiger partial charge in [0.25, 0.3) is 0 Å². The smallest absolute Gasteiger partial charge is 0.162 e. The van der Waals surface area contributed by atoms with E-state index in [0.717, 1.165) is 51.9 Å². The minimum absolute atomic E-state index is 0.301. The van der Waals surface area contributed by atoms with Gasteiger partial charge in [-0.15, -0.1) is 0 Å². The maximum Gasteiger partial charge on any atom is 0.162 e. The third-order valence-corrected chi connectivity index (χ3v) is 5.59. The van der Waals surface area contributed by atoms with Crippen LogP contribution in [0.2, 0.25) is 0 Å². The van der Waals surface area contributed by atoms with Crippen molar-refractivity contribution in [3.8, 4) is 33.2 Å². The molecule has 1 saturated carbocycles. The van der Waals surface area contributed by atoms with E-state index >= 15 is 0 Å². The molecule has 3 aromatic rings. The molecule has 1 fully saturated rings. The van der Waals surface area contributed by atoms with Crippen molar-refractivity contribution >= 4 is 11.5 Å². The number of benzene rings is 2. The molecule has 1 aromatic heterocycles. The molecule has 1 aliphatic rings. The van der Waals surface area contributed by atoms with Gasteiger partial charge in [-0.1, -0.05) is 24.3 Å². The minimum Gasteiger partial charge on any atom is -0.493 e. The van der Waals surface area contributed by atoms with Crippen LogP contribution in [0.1, 0.15) is 31.5 Å². The Morgan fingerprint density at radius 1 is 0.962 bits per heavy atom. The average molecular weight is 366 g/mol. The Kier molecular flexibility index (Phi) is 4.89. The second kappa shape index (κ2) is 7.46. The summed E-state index contributed by atoms with van der Waals surface area (Å²) in [5.41, 5.74) is 3.33. The first-order valence-electron chi connectivity index (χ1n) is 8.99. The van der Waals surface area contributed by atoms with Gasteiger partial charge >= 0.3 is 0 Å². The number of rotatable bonds is 5. The van der Waals surface area contributed by atoms with Gasteiger partial charge < -0.3 is 9.47 Å². The fraction of sp³-hybridized carbons (Fsp3) is 0.333. The Morgan fingerprint density at radius 3 is 2.46 bits per heavy atom. The van der Waals surface area contributed by atoms with Crippen LogP contribution >= 0.6 is 11.5 Å². The largest absolute Gasteiger partial charge is 0.493 e. The van der Waals surface area contributed by atoms with Crippen LogP contribution in [0.4, 0.5) is 0 Å². The van der Waals surface area contributed by atoms with Gasteiger partial charge in [0, 0.05) is 5.56 Å². The first-order valence-corrected chi connectivity index (χ1v) is 9.76. The van der Waals surface area contributed by atoms with Crippen molar-refractivity contribution in [2.75, 3.05) is 7.11 Å². The molecule has 26 heavy (non-hydrogen) atoms. The Hall–Kier alpha value is -2.40. The highest BCUT2D eigenvalue weighted by Gasteiger charge is 2.19. The fourth-order valence-corrected chi connectivity index (χ4v) is 4.04. The Labute approximate surface area is 158 Å². The zero-order chi connectivity index (χ0) is 17.9. The van der Waals surface area contributed by atoms with Crippen LogP contribution in [-0.2, 0) is 0 Å². The Morgan fingerprint density at radius 2 is 1.73 bits per heavy atom. The summed E-state index contributed by atoms with van der Waals surface area (Å²) in [6.45, 7) is 1.92. The lowest BCUT2D eigenvalue weighted by atomic mass is 10.0. The molecule has 0 bridgehead atoms. The first kappa shape index (κ1) is 17.0. The molecule has 0 amide bonds. The van der Waals surface area contributed by atoms with Crippen LogP contribution in [-0.4, -0.2) is 22.6 Å². The molecule has 0 atom stereocenters. The number of hydrogen-bond acceptors (Lipinski definition) is 5. The minimum atomic E-state index is 0.301. The maximum atomic E-state index is 6.23. The van der Waals surface area contributed by atoms with Crippen molar-refractivity contribution in [3.05, 3.63) is 48.3 Å². The molecule has 5 heteroatoms. The summed E-state index contributed by atoms with van der Waals surface area (Å²) in [5, 5.41) is 0.945. The van der Waals surface area contributed by atoms with Gasteiger partial charge in [-0.25, -0.2) is 4.98 Å². The molecule has 1 heterocycles. The fourth-order valence-electron chi connectivity index (χ4n) is 3.38. The van der Waals surface area contributed by atoms with E-state index in [1.807, 2.05) is 13.0 Å². The first-order chi connectivity index (χ1) is 12.7. The summed E-state index contributed by atoms with van der Waals surface area (Å²) in [6.07, 6.45) is 5.04. The molecule has 0 saturated heterocycles. The highest BCUT2D eigenvalue weighted by molar-refractivity contribution is 7.09. The normalized spacial score (nSPS) is 14.5. The second-order valence-electron chi connectivity index (χ2n) is 6.62. The van der Waals surface area contributed by atoms with Crippen molar-refractivity contribution < 1.29 is 9.47 Å². The van der Waals surface area contributed by atoms with Gasteiger partial charge in [0.1, 0.15) is 10.8 Å². The van der Waals surface area contributed by atoms with Gasteiger partial charge in [-0.2, -0.15) is 4.37 Å². The number of hydrogen-bond donors (Lipinski definition) is 0. The Balaban J connectivity index is 1.66. The molecule has 134 valence electrons. The van der Waals surface area contributed by atoms with E-state index in [9.17, 15) is 0 Å². The topological polar surface area (TPSA) is 44.2 Å². The van der Waals surface area contributed by atoms with Crippen LogP contribution in [0.15, 0.2) is 42.5 Å². The number of aryl methyl sites for hydroxylation is 1. The SMILES string of the molecule is COc1ccc(-c2cccc(-c3nc(C)ns3)c2)cc1OC1CCCC1. The molecular weight excluding hydrogens is 344 g/mol. The number of nitrogens with zero attached hydrogens (tertiary/aromatic N) is 2. The lowest BCUT2D eigenvalue weighted by Crippen LogP contribution is -2.11. The molecule has 0 N–H and O–H groups in total. The number of aromatic nitrogens is 2. The van der Waals surface area contributed by atoms with Crippen molar-refractivity contribution in [1.82, 2.24) is 9.36 Å². The monoisotopic (exact) mass is 366 g/mol. The highest BCUT2D eigenvalue weighted by atomic mass is 32.1. The summed E-state index contributed by atoms with van der Waals surface area (Å²) in [6, 6.07) is 14.5. The van der Waals surface area contributed by atoms with Crippen LogP contribution in [0.5, 0.6) is 11.5 Å². The average Bonchev–Trinajstić information content (AvgIpc) is 3.33. The van der Waals surface area contributed by atoms with E-state index in [4.69, 9.17) is 9.47 Å². The summed E-state index contributed by atoms with van der Waals surface area (Å²) in [4.78, 5) is 4.49.